The quantitative estimate of drug-likeness (QED) is 0.915. The van der Waals surface area contributed by atoms with Gasteiger partial charge in [-0.15, -0.1) is 0 Å². The second-order valence-corrected chi connectivity index (χ2v) is 5.42. The lowest BCUT2D eigenvalue weighted by molar-refractivity contribution is 0.112. The van der Waals surface area contributed by atoms with E-state index >= 15 is 0 Å². The van der Waals surface area contributed by atoms with E-state index in [0.29, 0.717) is 6.04 Å². The van der Waals surface area contributed by atoms with E-state index in [2.05, 4.69) is 47.4 Å². The maximum Gasteiger partial charge on any atom is 0.0628 e. The summed E-state index contributed by atoms with van der Waals surface area (Å²) in [6.45, 7) is 1.23. The van der Waals surface area contributed by atoms with Crippen LogP contribution in [0.1, 0.15) is 36.1 Å². The monoisotopic (exact) mass is 267 g/mol. The molecule has 0 amide bonds. The topological polar surface area (TPSA) is 23.5 Å². The fourth-order valence-electron chi connectivity index (χ4n) is 3.27. The van der Waals surface area contributed by atoms with Crippen LogP contribution in [0.2, 0.25) is 0 Å². The van der Waals surface area contributed by atoms with Gasteiger partial charge in [-0.05, 0) is 30.5 Å². The molecule has 0 spiro atoms. The van der Waals surface area contributed by atoms with Crippen LogP contribution in [-0.2, 0) is 0 Å². The number of nitrogens with zero attached hydrogens (tertiary/aromatic N) is 1. The Kier molecular flexibility index (Phi) is 4.14. The van der Waals surface area contributed by atoms with Crippen LogP contribution < -0.4 is 0 Å². The molecule has 0 radical (unpaired) electrons. The standard InChI is InChI=1S/C18H21NO/c20-14-18(16-10-5-2-6-11-16)19-13-7-12-17(19)15-8-3-1-4-9-15/h1-6,8-11,17-18,20H,7,12-14H2/t17-,18+/m1/s1. The average molecular weight is 267 g/mol. The fraction of sp³-hybridized carbons (Fsp3) is 0.333. The van der Waals surface area contributed by atoms with Gasteiger partial charge in [0.2, 0.25) is 0 Å². The SMILES string of the molecule is OC[C@@H](c1ccccc1)N1CCC[C@@H]1c1ccccc1. The zero-order valence-corrected chi connectivity index (χ0v) is 11.7. The van der Waals surface area contributed by atoms with Crippen molar-refractivity contribution < 1.29 is 5.11 Å². The Bertz CT molecular complexity index is 526. The van der Waals surface area contributed by atoms with E-state index < -0.39 is 0 Å². The Morgan fingerprint density at radius 3 is 2.30 bits per heavy atom. The first-order chi connectivity index (χ1) is 9.90. The van der Waals surface area contributed by atoms with Crippen molar-refractivity contribution in [3.05, 3.63) is 71.8 Å². The molecule has 1 saturated heterocycles. The number of aliphatic hydroxyl groups excluding tert-OH is 1. The van der Waals surface area contributed by atoms with Crippen molar-refractivity contribution in [1.29, 1.82) is 0 Å². The average Bonchev–Trinajstić information content (AvgIpc) is 2.99. The summed E-state index contributed by atoms with van der Waals surface area (Å²) < 4.78 is 0. The third-order valence-electron chi connectivity index (χ3n) is 4.24. The fourth-order valence-corrected chi connectivity index (χ4v) is 3.27. The number of hydrogen-bond acceptors (Lipinski definition) is 2. The highest BCUT2D eigenvalue weighted by Crippen LogP contribution is 2.38. The van der Waals surface area contributed by atoms with Crippen molar-refractivity contribution in [3.8, 4) is 0 Å². The summed E-state index contributed by atoms with van der Waals surface area (Å²) >= 11 is 0. The summed E-state index contributed by atoms with van der Waals surface area (Å²) in [5.41, 5.74) is 2.57. The van der Waals surface area contributed by atoms with Crippen LogP contribution in [0.5, 0.6) is 0 Å². The van der Waals surface area contributed by atoms with Crippen LogP contribution in [-0.4, -0.2) is 23.2 Å². The molecule has 1 aliphatic rings. The highest BCUT2D eigenvalue weighted by Gasteiger charge is 2.31. The Hall–Kier alpha value is -1.64. The van der Waals surface area contributed by atoms with Gasteiger partial charge in [0.15, 0.2) is 0 Å². The molecule has 1 fully saturated rings. The van der Waals surface area contributed by atoms with E-state index in [1.165, 1.54) is 24.0 Å². The largest absolute Gasteiger partial charge is 0.394 e. The van der Waals surface area contributed by atoms with E-state index in [9.17, 15) is 5.11 Å². The molecule has 2 aromatic rings. The summed E-state index contributed by atoms with van der Waals surface area (Å²) in [5, 5.41) is 9.86. The first-order valence-corrected chi connectivity index (χ1v) is 7.36. The summed E-state index contributed by atoms with van der Waals surface area (Å²) in [6.07, 6.45) is 2.37. The van der Waals surface area contributed by atoms with Gasteiger partial charge in [-0.2, -0.15) is 0 Å². The minimum absolute atomic E-state index is 0.101. The Balaban J connectivity index is 1.87. The molecule has 0 aromatic heterocycles. The zero-order valence-electron chi connectivity index (χ0n) is 11.7. The Morgan fingerprint density at radius 1 is 1.00 bits per heavy atom. The van der Waals surface area contributed by atoms with E-state index in [1.807, 2.05) is 18.2 Å². The molecule has 2 atom stereocenters. The third kappa shape index (κ3) is 2.62. The van der Waals surface area contributed by atoms with Crippen molar-refractivity contribution in [2.45, 2.75) is 24.9 Å². The molecule has 0 bridgehead atoms. The van der Waals surface area contributed by atoms with Crippen LogP contribution in [0.25, 0.3) is 0 Å². The molecule has 2 aromatic carbocycles. The number of aliphatic hydroxyl groups is 1. The predicted molar refractivity (Wildman–Crippen MR) is 81.4 cm³/mol. The summed E-state index contributed by atoms with van der Waals surface area (Å²) in [4.78, 5) is 2.45. The lowest BCUT2D eigenvalue weighted by atomic mass is 10.0. The normalized spacial score (nSPS) is 20.9. The van der Waals surface area contributed by atoms with Gasteiger partial charge in [0, 0.05) is 6.04 Å². The van der Waals surface area contributed by atoms with Gasteiger partial charge in [0.25, 0.3) is 0 Å². The van der Waals surface area contributed by atoms with E-state index in [-0.39, 0.29) is 12.6 Å². The molecule has 104 valence electrons. The molecular formula is C18H21NO. The summed E-state index contributed by atoms with van der Waals surface area (Å²) in [6, 6.07) is 21.5. The van der Waals surface area contributed by atoms with Gasteiger partial charge < -0.3 is 5.11 Å². The van der Waals surface area contributed by atoms with E-state index in [0.717, 1.165) is 6.54 Å². The van der Waals surface area contributed by atoms with Crippen LogP contribution in [0.4, 0.5) is 0 Å². The second-order valence-electron chi connectivity index (χ2n) is 5.42. The molecule has 1 aliphatic heterocycles. The molecule has 0 unspecified atom stereocenters. The Morgan fingerprint density at radius 2 is 1.65 bits per heavy atom. The molecule has 1 heterocycles. The predicted octanol–water partition coefficient (Wildman–Crippen LogP) is 3.56. The van der Waals surface area contributed by atoms with Crippen molar-refractivity contribution in [3.63, 3.8) is 0 Å². The van der Waals surface area contributed by atoms with Gasteiger partial charge in [-0.1, -0.05) is 60.7 Å². The molecule has 0 aliphatic carbocycles. The molecule has 3 rings (SSSR count). The maximum absolute atomic E-state index is 9.86. The lowest BCUT2D eigenvalue weighted by Gasteiger charge is -2.32. The number of benzene rings is 2. The highest BCUT2D eigenvalue weighted by molar-refractivity contribution is 5.24. The van der Waals surface area contributed by atoms with Crippen molar-refractivity contribution in [1.82, 2.24) is 4.90 Å². The van der Waals surface area contributed by atoms with Crippen LogP contribution in [0.15, 0.2) is 60.7 Å². The molecule has 20 heavy (non-hydrogen) atoms. The van der Waals surface area contributed by atoms with Gasteiger partial charge in [0.1, 0.15) is 0 Å². The van der Waals surface area contributed by atoms with Crippen molar-refractivity contribution >= 4 is 0 Å². The van der Waals surface area contributed by atoms with Crippen LogP contribution >= 0.6 is 0 Å². The zero-order chi connectivity index (χ0) is 13.8. The summed E-state index contributed by atoms with van der Waals surface area (Å²) in [5.74, 6) is 0. The first-order valence-electron chi connectivity index (χ1n) is 7.36. The van der Waals surface area contributed by atoms with Crippen LogP contribution in [0, 0.1) is 0 Å². The number of likely N-dealkylation sites (tertiary alicyclic amines) is 1. The molecule has 1 N–H and O–H groups in total. The molecule has 0 saturated carbocycles. The van der Waals surface area contributed by atoms with E-state index in [1.54, 1.807) is 0 Å². The highest BCUT2D eigenvalue weighted by atomic mass is 16.3. The number of hydrogen-bond donors (Lipinski definition) is 1. The van der Waals surface area contributed by atoms with Gasteiger partial charge in [-0.25, -0.2) is 0 Å². The summed E-state index contributed by atoms with van der Waals surface area (Å²) in [7, 11) is 0. The van der Waals surface area contributed by atoms with Crippen molar-refractivity contribution in [2.75, 3.05) is 13.2 Å². The van der Waals surface area contributed by atoms with Gasteiger partial charge in [-0.3, -0.25) is 4.90 Å². The van der Waals surface area contributed by atoms with E-state index in [4.69, 9.17) is 0 Å². The molecule has 2 heteroatoms. The molecule has 2 nitrogen and oxygen atoms in total. The number of rotatable bonds is 4. The Labute approximate surface area is 120 Å². The first kappa shape index (κ1) is 13.3. The third-order valence-corrected chi connectivity index (χ3v) is 4.24. The minimum atomic E-state index is 0.101. The van der Waals surface area contributed by atoms with Crippen LogP contribution in [0.3, 0.4) is 0 Å². The molecular weight excluding hydrogens is 246 g/mol. The second kappa shape index (κ2) is 6.21. The smallest absolute Gasteiger partial charge is 0.0628 e. The van der Waals surface area contributed by atoms with Gasteiger partial charge in [0.05, 0.1) is 12.6 Å². The minimum Gasteiger partial charge on any atom is -0.394 e. The van der Waals surface area contributed by atoms with Gasteiger partial charge >= 0.3 is 0 Å². The lowest BCUT2D eigenvalue weighted by Crippen LogP contribution is -2.30. The van der Waals surface area contributed by atoms with Crippen molar-refractivity contribution in [2.24, 2.45) is 0 Å². The maximum atomic E-state index is 9.86.